The van der Waals surface area contributed by atoms with Crippen molar-refractivity contribution in [1.82, 2.24) is 24.1 Å². The predicted molar refractivity (Wildman–Crippen MR) is 94.6 cm³/mol. The molecular formula is C18H15N5O3. The van der Waals surface area contributed by atoms with E-state index in [1.54, 1.807) is 50.4 Å². The highest BCUT2D eigenvalue weighted by Gasteiger charge is 2.13. The minimum Gasteiger partial charge on any atom is -0.462 e. The van der Waals surface area contributed by atoms with Gasteiger partial charge in [-0.3, -0.25) is 9.36 Å². The van der Waals surface area contributed by atoms with Crippen LogP contribution in [-0.2, 0) is 4.74 Å². The summed E-state index contributed by atoms with van der Waals surface area (Å²) in [4.78, 5) is 33.2. The first kappa shape index (κ1) is 15.9. The van der Waals surface area contributed by atoms with E-state index < -0.39 is 5.97 Å². The molecule has 0 unspecified atom stereocenters. The van der Waals surface area contributed by atoms with Crippen molar-refractivity contribution in [3.05, 3.63) is 64.5 Å². The summed E-state index contributed by atoms with van der Waals surface area (Å²) >= 11 is 0. The van der Waals surface area contributed by atoms with Gasteiger partial charge in [-0.05, 0) is 44.2 Å². The minimum atomic E-state index is -0.390. The smallest absolute Gasteiger partial charge is 0.338 e. The quantitative estimate of drug-likeness (QED) is 0.525. The van der Waals surface area contributed by atoms with Gasteiger partial charge in [-0.25, -0.2) is 9.78 Å². The molecule has 0 aliphatic rings. The van der Waals surface area contributed by atoms with Gasteiger partial charge in [0.25, 0.3) is 11.3 Å². The largest absolute Gasteiger partial charge is 0.462 e. The first-order chi connectivity index (χ1) is 12.6. The van der Waals surface area contributed by atoms with E-state index in [-0.39, 0.29) is 5.56 Å². The molecule has 0 fully saturated rings. The maximum Gasteiger partial charge on any atom is 0.338 e. The summed E-state index contributed by atoms with van der Waals surface area (Å²) in [5.74, 6) is 0.0597. The first-order valence-corrected chi connectivity index (χ1v) is 8.09. The molecule has 0 bridgehead atoms. The van der Waals surface area contributed by atoms with E-state index in [2.05, 4.69) is 15.1 Å². The first-order valence-electron chi connectivity index (χ1n) is 8.09. The molecule has 8 heteroatoms. The number of fused-ring (bicyclic) bond motifs is 3. The van der Waals surface area contributed by atoms with E-state index in [1.165, 1.54) is 15.4 Å². The lowest BCUT2D eigenvalue weighted by molar-refractivity contribution is 0.0526. The van der Waals surface area contributed by atoms with Gasteiger partial charge in [-0.1, -0.05) is 0 Å². The van der Waals surface area contributed by atoms with Gasteiger partial charge < -0.3 is 4.74 Å². The molecule has 0 atom stereocenters. The topological polar surface area (TPSA) is 91.4 Å². The molecule has 130 valence electrons. The van der Waals surface area contributed by atoms with E-state index in [0.717, 1.165) is 0 Å². The number of benzene rings is 1. The third kappa shape index (κ3) is 2.43. The van der Waals surface area contributed by atoms with Crippen LogP contribution in [0.4, 0.5) is 0 Å². The number of pyridine rings is 1. The molecule has 0 amide bonds. The maximum atomic E-state index is 13.0. The summed E-state index contributed by atoms with van der Waals surface area (Å²) < 4.78 is 8.02. The minimum absolute atomic E-state index is 0.214. The monoisotopic (exact) mass is 349 g/mol. The molecule has 0 aliphatic carbocycles. The Bertz CT molecular complexity index is 1190. The van der Waals surface area contributed by atoms with Crippen LogP contribution in [0.15, 0.2) is 47.7 Å². The van der Waals surface area contributed by atoms with Crippen molar-refractivity contribution >= 4 is 22.6 Å². The fraction of sp³-hybridized carbons (Fsp3) is 0.167. The third-order valence-corrected chi connectivity index (χ3v) is 4.11. The van der Waals surface area contributed by atoms with Crippen molar-refractivity contribution in [1.29, 1.82) is 0 Å². The number of ether oxygens (including phenoxy) is 1. The number of hydrogen-bond acceptors (Lipinski definition) is 6. The molecule has 4 rings (SSSR count). The number of hydrogen-bond donors (Lipinski definition) is 0. The Morgan fingerprint density at radius 3 is 2.69 bits per heavy atom. The fourth-order valence-electron chi connectivity index (χ4n) is 2.91. The summed E-state index contributed by atoms with van der Waals surface area (Å²) in [7, 11) is 0. The number of aryl methyl sites for hydroxylation is 1. The van der Waals surface area contributed by atoms with Gasteiger partial charge in [-0.15, -0.1) is 0 Å². The number of rotatable bonds is 3. The van der Waals surface area contributed by atoms with Crippen molar-refractivity contribution in [2.75, 3.05) is 6.61 Å². The van der Waals surface area contributed by atoms with Crippen LogP contribution in [0, 0.1) is 6.92 Å². The van der Waals surface area contributed by atoms with Crippen LogP contribution < -0.4 is 5.56 Å². The Morgan fingerprint density at radius 2 is 1.96 bits per heavy atom. The molecule has 0 aliphatic heterocycles. The van der Waals surface area contributed by atoms with E-state index >= 15 is 0 Å². The second kappa shape index (κ2) is 6.07. The number of carbonyl (C=O) groups excluding carboxylic acids is 1. The van der Waals surface area contributed by atoms with Crippen LogP contribution in [0.25, 0.3) is 22.4 Å². The Morgan fingerprint density at radius 1 is 1.19 bits per heavy atom. The van der Waals surface area contributed by atoms with Crippen molar-refractivity contribution in [3.8, 4) is 5.69 Å². The zero-order valence-electron chi connectivity index (χ0n) is 14.2. The van der Waals surface area contributed by atoms with E-state index in [9.17, 15) is 9.59 Å². The van der Waals surface area contributed by atoms with Crippen LogP contribution in [0.1, 0.15) is 23.0 Å². The van der Waals surface area contributed by atoms with Crippen molar-refractivity contribution < 1.29 is 9.53 Å². The molecule has 0 saturated heterocycles. The number of carbonyl (C=O) groups is 1. The average molecular weight is 349 g/mol. The van der Waals surface area contributed by atoms with Crippen molar-refractivity contribution in [2.45, 2.75) is 13.8 Å². The molecule has 0 spiro atoms. The SMILES string of the molecule is CCOC(=O)c1ccc(-n2ccc3c(c(C)nc4ncnn43)c2=O)cc1. The lowest BCUT2D eigenvalue weighted by Crippen LogP contribution is -2.20. The lowest BCUT2D eigenvalue weighted by Gasteiger charge is -2.10. The molecule has 4 aromatic rings. The molecule has 0 radical (unpaired) electrons. The van der Waals surface area contributed by atoms with Gasteiger partial charge in [0.2, 0.25) is 0 Å². The summed E-state index contributed by atoms with van der Waals surface area (Å²) in [5, 5.41) is 4.60. The van der Waals surface area contributed by atoms with Gasteiger partial charge in [0.05, 0.1) is 28.8 Å². The van der Waals surface area contributed by atoms with Gasteiger partial charge >= 0.3 is 5.97 Å². The molecule has 3 aromatic heterocycles. The molecular weight excluding hydrogens is 334 g/mol. The van der Waals surface area contributed by atoms with Gasteiger partial charge in [0.15, 0.2) is 0 Å². The highest BCUT2D eigenvalue weighted by Crippen LogP contribution is 2.16. The van der Waals surface area contributed by atoms with Crippen molar-refractivity contribution in [3.63, 3.8) is 0 Å². The summed E-state index contributed by atoms with van der Waals surface area (Å²) in [6.45, 7) is 3.84. The third-order valence-electron chi connectivity index (χ3n) is 4.11. The van der Waals surface area contributed by atoms with Crippen LogP contribution in [0.3, 0.4) is 0 Å². The number of esters is 1. The Kier molecular flexibility index (Phi) is 3.72. The van der Waals surface area contributed by atoms with Crippen LogP contribution in [0.2, 0.25) is 0 Å². The van der Waals surface area contributed by atoms with Crippen LogP contribution in [0.5, 0.6) is 0 Å². The van der Waals surface area contributed by atoms with E-state index in [0.29, 0.717) is 40.2 Å². The number of aromatic nitrogens is 5. The predicted octanol–water partition coefficient (Wildman–Crippen LogP) is 1.91. The van der Waals surface area contributed by atoms with E-state index in [4.69, 9.17) is 4.74 Å². The Balaban J connectivity index is 1.86. The fourth-order valence-corrected chi connectivity index (χ4v) is 2.91. The molecule has 1 aromatic carbocycles. The second-order valence-electron chi connectivity index (χ2n) is 5.69. The second-order valence-corrected chi connectivity index (χ2v) is 5.69. The molecule has 8 nitrogen and oxygen atoms in total. The van der Waals surface area contributed by atoms with Gasteiger partial charge in [0.1, 0.15) is 6.33 Å². The molecule has 26 heavy (non-hydrogen) atoms. The molecule has 0 saturated carbocycles. The van der Waals surface area contributed by atoms with Crippen LogP contribution in [-0.4, -0.2) is 36.7 Å². The summed E-state index contributed by atoms with van der Waals surface area (Å²) in [6, 6.07) is 8.48. The zero-order valence-corrected chi connectivity index (χ0v) is 14.2. The zero-order chi connectivity index (χ0) is 18.3. The lowest BCUT2D eigenvalue weighted by atomic mass is 10.2. The van der Waals surface area contributed by atoms with Crippen LogP contribution >= 0.6 is 0 Å². The molecule has 0 N–H and O–H groups in total. The number of nitrogens with zero attached hydrogens (tertiary/aromatic N) is 5. The Labute approximate surface area is 147 Å². The maximum absolute atomic E-state index is 13.0. The van der Waals surface area contributed by atoms with E-state index in [1.807, 2.05) is 0 Å². The summed E-state index contributed by atoms with van der Waals surface area (Å²) in [5.41, 5.74) is 2.10. The van der Waals surface area contributed by atoms with Crippen molar-refractivity contribution in [2.24, 2.45) is 0 Å². The standard InChI is InChI=1S/C18H15N5O3/c1-3-26-17(25)12-4-6-13(7-5-12)22-9-8-14-15(16(22)24)11(2)21-18-19-10-20-23(14)18/h4-10H,3H2,1-2H3. The molecule has 3 heterocycles. The highest BCUT2D eigenvalue weighted by molar-refractivity contribution is 5.89. The normalized spacial score (nSPS) is 11.2. The Hall–Kier alpha value is -3.55. The average Bonchev–Trinajstić information content (AvgIpc) is 3.10. The van der Waals surface area contributed by atoms with Gasteiger partial charge in [-0.2, -0.15) is 14.6 Å². The van der Waals surface area contributed by atoms with Gasteiger partial charge in [0, 0.05) is 11.9 Å². The summed E-state index contributed by atoms with van der Waals surface area (Å²) in [6.07, 6.45) is 3.07. The highest BCUT2D eigenvalue weighted by atomic mass is 16.5.